The van der Waals surface area contributed by atoms with E-state index < -0.39 is 0 Å². The molecular formula is C11H21F. The summed E-state index contributed by atoms with van der Waals surface area (Å²) < 4.78 is 12.8. The molecule has 0 heterocycles. The van der Waals surface area contributed by atoms with Crippen LogP contribution in [0.15, 0.2) is 11.9 Å². The van der Waals surface area contributed by atoms with Crippen LogP contribution in [-0.2, 0) is 0 Å². The fourth-order valence-corrected chi connectivity index (χ4v) is 1.22. The zero-order valence-corrected chi connectivity index (χ0v) is 8.41. The van der Waals surface area contributed by atoms with Gasteiger partial charge in [-0.3, -0.25) is 0 Å². The lowest BCUT2D eigenvalue weighted by Gasteiger charge is -1.98. The van der Waals surface area contributed by atoms with Crippen molar-refractivity contribution in [1.29, 1.82) is 0 Å². The van der Waals surface area contributed by atoms with Crippen LogP contribution in [0.1, 0.15) is 58.8 Å². The topological polar surface area (TPSA) is 0 Å². The Morgan fingerprint density at radius 3 is 2.33 bits per heavy atom. The summed E-state index contributed by atoms with van der Waals surface area (Å²) >= 11 is 0. The van der Waals surface area contributed by atoms with Crippen molar-refractivity contribution in [1.82, 2.24) is 0 Å². The predicted octanol–water partition coefficient (Wildman–Crippen LogP) is 4.61. The molecular weight excluding hydrogens is 151 g/mol. The number of unbranched alkanes of at least 4 members (excludes halogenated alkanes) is 4. The number of halogens is 1. The highest BCUT2D eigenvalue weighted by Gasteiger charge is 1.93. The highest BCUT2D eigenvalue weighted by atomic mass is 19.1. The molecule has 0 N–H and O–H groups in total. The first-order valence-electron chi connectivity index (χ1n) is 5.15. The van der Waals surface area contributed by atoms with Crippen molar-refractivity contribution < 1.29 is 4.39 Å². The summed E-state index contributed by atoms with van der Waals surface area (Å²) in [6, 6.07) is 0. The largest absolute Gasteiger partial charge is 0.212 e. The second kappa shape index (κ2) is 8.76. The summed E-state index contributed by atoms with van der Waals surface area (Å²) in [5.41, 5.74) is 0. The molecule has 0 fully saturated rings. The van der Waals surface area contributed by atoms with Gasteiger partial charge in [0.1, 0.15) is 0 Å². The molecule has 12 heavy (non-hydrogen) atoms. The smallest absolute Gasteiger partial charge is 0.0959 e. The van der Waals surface area contributed by atoms with Crippen LogP contribution < -0.4 is 0 Å². The van der Waals surface area contributed by atoms with E-state index in [2.05, 4.69) is 6.92 Å². The summed E-state index contributed by atoms with van der Waals surface area (Å²) in [7, 11) is 0. The Morgan fingerprint density at radius 1 is 1.08 bits per heavy atom. The van der Waals surface area contributed by atoms with Gasteiger partial charge in [0.05, 0.1) is 5.83 Å². The lowest BCUT2D eigenvalue weighted by molar-refractivity contribution is 0.543. The molecule has 0 amide bonds. The molecule has 72 valence electrons. The van der Waals surface area contributed by atoms with E-state index in [0.717, 1.165) is 12.8 Å². The van der Waals surface area contributed by atoms with E-state index in [1.807, 2.05) is 6.92 Å². The molecule has 0 rings (SSSR count). The number of rotatable bonds is 7. The van der Waals surface area contributed by atoms with Gasteiger partial charge in [-0.2, -0.15) is 0 Å². The number of hydrogen-bond donors (Lipinski definition) is 0. The van der Waals surface area contributed by atoms with Crippen LogP contribution in [0.4, 0.5) is 4.39 Å². The molecule has 0 saturated carbocycles. The first kappa shape index (κ1) is 11.7. The molecule has 0 spiro atoms. The van der Waals surface area contributed by atoms with Crippen LogP contribution in [0, 0.1) is 0 Å². The fourth-order valence-electron chi connectivity index (χ4n) is 1.22. The third-order valence-corrected chi connectivity index (χ3v) is 1.94. The van der Waals surface area contributed by atoms with Crippen molar-refractivity contribution in [2.45, 2.75) is 58.8 Å². The van der Waals surface area contributed by atoms with Gasteiger partial charge in [-0.05, 0) is 19.3 Å². The minimum atomic E-state index is 0.0778. The lowest BCUT2D eigenvalue weighted by Crippen LogP contribution is -1.79. The second-order valence-corrected chi connectivity index (χ2v) is 3.22. The summed E-state index contributed by atoms with van der Waals surface area (Å²) in [5, 5.41) is 0. The number of allylic oxidation sites excluding steroid dienone is 2. The Bertz CT molecular complexity index is 116. The summed E-state index contributed by atoms with van der Waals surface area (Å²) in [6.45, 7) is 4.16. The second-order valence-electron chi connectivity index (χ2n) is 3.22. The van der Waals surface area contributed by atoms with E-state index in [0.29, 0.717) is 6.42 Å². The minimum Gasteiger partial charge on any atom is -0.212 e. The molecule has 0 saturated heterocycles. The molecule has 0 aromatic heterocycles. The highest BCUT2D eigenvalue weighted by molar-refractivity contribution is 4.90. The van der Waals surface area contributed by atoms with Crippen LogP contribution in [-0.4, -0.2) is 0 Å². The van der Waals surface area contributed by atoms with Gasteiger partial charge in [-0.25, -0.2) is 4.39 Å². The lowest BCUT2D eigenvalue weighted by atomic mass is 10.1. The van der Waals surface area contributed by atoms with Gasteiger partial charge in [0, 0.05) is 0 Å². The van der Waals surface area contributed by atoms with Gasteiger partial charge in [-0.15, -0.1) is 0 Å². The van der Waals surface area contributed by atoms with E-state index in [4.69, 9.17) is 0 Å². The van der Waals surface area contributed by atoms with Crippen molar-refractivity contribution in [3.8, 4) is 0 Å². The van der Waals surface area contributed by atoms with E-state index >= 15 is 0 Å². The zero-order valence-electron chi connectivity index (χ0n) is 8.41. The third kappa shape index (κ3) is 7.77. The Labute approximate surface area is 75.9 Å². The van der Waals surface area contributed by atoms with Crippen LogP contribution in [0.25, 0.3) is 0 Å². The standard InChI is InChI=1S/C11H21F/c1-3-5-6-7-8-10-11(12)9-4-2/h9H,3-8,10H2,1-2H3. The molecule has 0 radical (unpaired) electrons. The van der Waals surface area contributed by atoms with Gasteiger partial charge >= 0.3 is 0 Å². The average Bonchev–Trinajstić information content (AvgIpc) is 2.05. The average molecular weight is 172 g/mol. The van der Waals surface area contributed by atoms with Gasteiger partial charge in [0.15, 0.2) is 0 Å². The monoisotopic (exact) mass is 172 g/mol. The fraction of sp³-hybridized carbons (Fsp3) is 0.818. The minimum absolute atomic E-state index is 0.0778. The Kier molecular flexibility index (Phi) is 8.52. The summed E-state index contributed by atoms with van der Waals surface area (Å²) in [5.74, 6) is 0.0778. The summed E-state index contributed by atoms with van der Waals surface area (Å²) in [4.78, 5) is 0. The molecule has 0 aliphatic rings. The third-order valence-electron chi connectivity index (χ3n) is 1.94. The molecule has 0 aliphatic heterocycles. The van der Waals surface area contributed by atoms with Crippen LogP contribution in [0.5, 0.6) is 0 Å². The van der Waals surface area contributed by atoms with Gasteiger partial charge in [-0.1, -0.05) is 45.6 Å². The Morgan fingerprint density at radius 2 is 1.75 bits per heavy atom. The van der Waals surface area contributed by atoms with E-state index in [1.165, 1.54) is 25.7 Å². The van der Waals surface area contributed by atoms with Gasteiger partial charge in [0.2, 0.25) is 0 Å². The molecule has 0 aromatic rings. The first-order chi connectivity index (χ1) is 5.81. The molecule has 0 atom stereocenters. The Balaban J connectivity index is 3.14. The van der Waals surface area contributed by atoms with Crippen molar-refractivity contribution in [3.63, 3.8) is 0 Å². The van der Waals surface area contributed by atoms with E-state index in [9.17, 15) is 4.39 Å². The normalized spacial score (nSPS) is 12.1. The van der Waals surface area contributed by atoms with Crippen LogP contribution >= 0.6 is 0 Å². The van der Waals surface area contributed by atoms with E-state index in [1.54, 1.807) is 6.08 Å². The molecule has 0 nitrogen and oxygen atoms in total. The van der Waals surface area contributed by atoms with Crippen molar-refractivity contribution in [3.05, 3.63) is 11.9 Å². The van der Waals surface area contributed by atoms with Crippen molar-refractivity contribution in [2.75, 3.05) is 0 Å². The van der Waals surface area contributed by atoms with Crippen molar-refractivity contribution >= 4 is 0 Å². The van der Waals surface area contributed by atoms with Crippen molar-refractivity contribution in [2.24, 2.45) is 0 Å². The SMILES string of the molecule is CCC=C(F)CCCCCCC. The number of hydrogen-bond acceptors (Lipinski definition) is 0. The molecule has 0 unspecified atom stereocenters. The Hall–Kier alpha value is -0.330. The molecule has 0 bridgehead atoms. The highest BCUT2D eigenvalue weighted by Crippen LogP contribution is 2.12. The van der Waals surface area contributed by atoms with Gasteiger partial charge in [0.25, 0.3) is 0 Å². The van der Waals surface area contributed by atoms with Crippen LogP contribution in [0.3, 0.4) is 0 Å². The maximum atomic E-state index is 12.8. The van der Waals surface area contributed by atoms with E-state index in [-0.39, 0.29) is 5.83 Å². The molecule has 0 aliphatic carbocycles. The maximum Gasteiger partial charge on any atom is 0.0959 e. The zero-order chi connectivity index (χ0) is 9.23. The summed E-state index contributed by atoms with van der Waals surface area (Å²) in [6.07, 6.45) is 9.15. The predicted molar refractivity (Wildman–Crippen MR) is 52.9 cm³/mol. The van der Waals surface area contributed by atoms with Gasteiger partial charge < -0.3 is 0 Å². The first-order valence-corrected chi connectivity index (χ1v) is 5.15. The molecule has 1 heteroatoms. The maximum absolute atomic E-state index is 12.8. The van der Waals surface area contributed by atoms with Crippen LogP contribution in [0.2, 0.25) is 0 Å². The molecule has 0 aromatic carbocycles. The quantitative estimate of drug-likeness (QED) is 0.492.